The lowest BCUT2D eigenvalue weighted by molar-refractivity contribution is -0.126. The van der Waals surface area contributed by atoms with Crippen LogP contribution >= 0.6 is 0 Å². The van der Waals surface area contributed by atoms with Gasteiger partial charge in [0.2, 0.25) is 5.91 Å². The number of benzene rings is 2. The third kappa shape index (κ3) is 4.41. The van der Waals surface area contributed by atoms with Gasteiger partial charge in [-0.1, -0.05) is 6.58 Å². The number of hydrogen-bond acceptors (Lipinski definition) is 7. The van der Waals surface area contributed by atoms with E-state index in [4.69, 9.17) is 4.74 Å². The Hall–Kier alpha value is -3.88. The summed E-state index contributed by atoms with van der Waals surface area (Å²) in [4.78, 5) is 22.2. The molecule has 1 aliphatic heterocycles. The summed E-state index contributed by atoms with van der Waals surface area (Å²) in [5.41, 5.74) is 1.58. The van der Waals surface area contributed by atoms with Crippen molar-refractivity contribution in [3.8, 4) is 11.5 Å². The van der Waals surface area contributed by atoms with Crippen LogP contribution in [0, 0.1) is 5.82 Å². The fourth-order valence-corrected chi connectivity index (χ4v) is 3.79. The highest BCUT2D eigenvalue weighted by Gasteiger charge is 2.22. The number of amides is 1. The molecule has 2 aromatic carbocycles. The van der Waals surface area contributed by atoms with E-state index in [0.717, 1.165) is 24.6 Å². The summed E-state index contributed by atoms with van der Waals surface area (Å²) in [6.07, 6.45) is 4.30. The lowest BCUT2D eigenvalue weighted by Crippen LogP contribution is -2.41. The van der Waals surface area contributed by atoms with Crippen LogP contribution in [-0.4, -0.2) is 52.1 Å². The number of rotatable bonds is 6. The number of ether oxygens (including phenoxy) is 1. The minimum atomic E-state index is -0.593. The number of hydrogen-bond donors (Lipinski definition) is 3. The number of phenolic OH excluding ortho intramolecular Hbond substituents is 1. The predicted octanol–water partition coefficient (Wildman–Crippen LogP) is 3.82. The summed E-state index contributed by atoms with van der Waals surface area (Å²) in [6, 6.07) is 7.70. The summed E-state index contributed by atoms with van der Waals surface area (Å²) < 4.78 is 19.8. The number of carbonyl (C=O) groups excluding carboxylic acids is 1. The van der Waals surface area contributed by atoms with Gasteiger partial charge in [0.15, 0.2) is 0 Å². The Morgan fingerprint density at radius 3 is 2.72 bits per heavy atom. The lowest BCUT2D eigenvalue weighted by atomic mass is 10.0. The Morgan fingerprint density at radius 1 is 1.25 bits per heavy atom. The molecule has 0 unspecified atom stereocenters. The molecule has 32 heavy (non-hydrogen) atoms. The molecule has 3 aromatic rings. The number of aromatic nitrogens is 2. The number of methoxy groups -OCH3 is 1. The van der Waals surface area contributed by atoms with E-state index in [1.807, 2.05) is 6.07 Å². The van der Waals surface area contributed by atoms with Crippen LogP contribution in [0.15, 0.2) is 49.3 Å². The molecular weight excluding hydrogens is 413 g/mol. The molecule has 1 aliphatic rings. The third-order valence-corrected chi connectivity index (χ3v) is 5.50. The second-order valence-corrected chi connectivity index (χ2v) is 7.53. The van der Waals surface area contributed by atoms with Crippen molar-refractivity contribution in [2.75, 3.05) is 30.8 Å². The maximum atomic E-state index is 14.2. The Bertz CT molecular complexity index is 1160. The van der Waals surface area contributed by atoms with E-state index >= 15 is 0 Å². The van der Waals surface area contributed by atoms with Gasteiger partial charge in [-0.3, -0.25) is 4.79 Å². The van der Waals surface area contributed by atoms with Crippen molar-refractivity contribution >= 4 is 34.0 Å². The molecule has 8 nitrogen and oxygen atoms in total. The topological polar surface area (TPSA) is 99.6 Å². The van der Waals surface area contributed by atoms with Crippen LogP contribution in [0.1, 0.15) is 12.8 Å². The van der Waals surface area contributed by atoms with Gasteiger partial charge >= 0.3 is 0 Å². The van der Waals surface area contributed by atoms with Gasteiger partial charge in [-0.15, -0.1) is 0 Å². The molecule has 1 fully saturated rings. The molecule has 0 atom stereocenters. The molecule has 0 spiro atoms. The van der Waals surface area contributed by atoms with E-state index in [1.54, 1.807) is 18.1 Å². The van der Waals surface area contributed by atoms with Gasteiger partial charge in [-0.2, -0.15) is 0 Å². The largest absolute Gasteiger partial charge is 0.508 e. The first kappa shape index (κ1) is 21.4. The van der Waals surface area contributed by atoms with Crippen LogP contribution in [0.3, 0.4) is 0 Å². The monoisotopic (exact) mass is 437 g/mol. The molecule has 2 heterocycles. The van der Waals surface area contributed by atoms with E-state index < -0.39 is 5.82 Å². The molecule has 1 amide bonds. The maximum Gasteiger partial charge on any atom is 0.245 e. The van der Waals surface area contributed by atoms with E-state index in [2.05, 4.69) is 27.2 Å². The number of halogens is 1. The molecular formula is C23H24FN5O3. The number of anilines is 3. The Kier molecular flexibility index (Phi) is 6.07. The molecule has 0 aliphatic carbocycles. The number of piperidine rings is 1. The van der Waals surface area contributed by atoms with Crippen molar-refractivity contribution in [3.63, 3.8) is 0 Å². The number of carbonyl (C=O) groups is 1. The zero-order valence-electron chi connectivity index (χ0n) is 17.6. The third-order valence-electron chi connectivity index (χ3n) is 5.50. The number of phenols is 1. The van der Waals surface area contributed by atoms with Crippen LogP contribution in [0.5, 0.6) is 11.5 Å². The van der Waals surface area contributed by atoms with Gasteiger partial charge in [0.25, 0.3) is 0 Å². The highest BCUT2D eigenvalue weighted by molar-refractivity contribution is 5.95. The summed E-state index contributed by atoms with van der Waals surface area (Å²) in [6.45, 7) is 4.84. The van der Waals surface area contributed by atoms with Gasteiger partial charge in [0.05, 0.1) is 24.0 Å². The van der Waals surface area contributed by atoms with Gasteiger partial charge in [-0.25, -0.2) is 14.4 Å². The molecule has 1 aromatic heterocycles. The quantitative estimate of drug-likeness (QED) is 0.398. The molecule has 0 radical (unpaired) electrons. The van der Waals surface area contributed by atoms with Gasteiger partial charge in [0, 0.05) is 36.7 Å². The zero-order chi connectivity index (χ0) is 22.7. The van der Waals surface area contributed by atoms with Crippen molar-refractivity contribution < 1.29 is 19.0 Å². The van der Waals surface area contributed by atoms with Crippen molar-refractivity contribution in [1.82, 2.24) is 14.9 Å². The molecule has 0 saturated carbocycles. The van der Waals surface area contributed by atoms with E-state index in [1.165, 1.54) is 24.5 Å². The summed E-state index contributed by atoms with van der Waals surface area (Å²) >= 11 is 0. The summed E-state index contributed by atoms with van der Waals surface area (Å²) in [5.74, 6) is 0.252. The average molecular weight is 437 g/mol. The van der Waals surface area contributed by atoms with Crippen molar-refractivity contribution in [1.29, 1.82) is 0 Å². The van der Waals surface area contributed by atoms with Gasteiger partial charge in [-0.05, 0) is 37.1 Å². The summed E-state index contributed by atoms with van der Waals surface area (Å²) in [5, 5.41) is 16.6. The molecule has 166 valence electrons. The lowest BCUT2D eigenvalue weighted by Gasteiger charge is -2.32. The number of nitrogens with zero attached hydrogens (tertiary/aromatic N) is 3. The maximum absolute atomic E-state index is 14.2. The van der Waals surface area contributed by atoms with Crippen LogP contribution in [0.2, 0.25) is 0 Å². The van der Waals surface area contributed by atoms with Crippen molar-refractivity contribution in [3.05, 3.63) is 55.1 Å². The fraction of sp³-hybridized carbons (Fsp3) is 0.261. The first-order valence-electron chi connectivity index (χ1n) is 10.2. The van der Waals surface area contributed by atoms with E-state index in [-0.39, 0.29) is 23.4 Å². The van der Waals surface area contributed by atoms with Gasteiger partial charge in [0.1, 0.15) is 29.5 Å². The van der Waals surface area contributed by atoms with E-state index in [9.17, 15) is 14.3 Å². The highest BCUT2D eigenvalue weighted by atomic mass is 19.1. The van der Waals surface area contributed by atoms with Crippen molar-refractivity contribution in [2.45, 2.75) is 18.9 Å². The smallest absolute Gasteiger partial charge is 0.245 e. The molecule has 1 saturated heterocycles. The molecule has 0 bridgehead atoms. The van der Waals surface area contributed by atoms with Crippen LogP contribution in [0.4, 0.5) is 21.6 Å². The Balaban J connectivity index is 1.61. The van der Waals surface area contributed by atoms with Gasteiger partial charge < -0.3 is 25.4 Å². The average Bonchev–Trinajstić information content (AvgIpc) is 2.80. The van der Waals surface area contributed by atoms with Crippen LogP contribution < -0.4 is 15.4 Å². The number of fused-ring (bicyclic) bond motifs is 1. The van der Waals surface area contributed by atoms with Crippen LogP contribution in [-0.2, 0) is 4.79 Å². The second-order valence-electron chi connectivity index (χ2n) is 7.53. The highest BCUT2D eigenvalue weighted by Crippen LogP contribution is 2.34. The normalized spacial score (nSPS) is 14.2. The first-order chi connectivity index (χ1) is 15.5. The number of likely N-dealkylation sites (tertiary alicyclic amines) is 1. The second kappa shape index (κ2) is 9.09. The number of aromatic hydroxyl groups is 1. The molecule has 4 rings (SSSR count). The Labute approximate surface area is 184 Å². The fourth-order valence-electron chi connectivity index (χ4n) is 3.79. The van der Waals surface area contributed by atoms with E-state index in [0.29, 0.717) is 35.6 Å². The predicted molar refractivity (Wildman–Crippen MR) is 121 cm³/mol. The SMILES string of the molecule is C=CC(=O)N1CCC(Nc2cc3c(Nc4ccc(O)cc4F)ncnc3cc2OC)CC1. The van der Waals surface area contributed by atoms with Crippen molar-refractivity contribution in [2.24, 2.45) is 0 Å². The minimum absolute atomic E-state index is 0.0546. The van der Waals surface area contributed by atoms with Crippen LogP contribution in [0.25, 0.3) is 10.9 Å². The molecule has 9 heteroatoms. The first-order valence-corrected chi connectivity index (χ1v) is 10.2. The standard InChI is InChI=1S/C23H24FN5O3/c1-3-22(31)29-8-6-14(7-9-29)27-20-11-16-19(12-21(20)32-2)25-13-26-23(16)28-18-5-4-15(30)10-17(18)24/h3-5,10-14,27,30H,1,6-9H2,2H3,(H,25,26,28). The molecule has 3 N–H and O–H groups in total. The minimum Gasteiger partial charge on any atom is -0.508 e. The summed E-state index contributed by atoms with van der Waals surface area (Å²) in [7, 11) is 1.59. The number of nitrogens with one attached hydrogen (secondary N) is 2. The zero-order valence-corrected chi connectivity index (χ0v) is 17.6. The Morgan fingerprint density at radius 2 is 2.03 bits per heavy atom.